The highest BCUT2D eigenvalue weighted by Crippen LogP contribution is 2.65. The lowest BCUT2D eigenvalue weighted by Gasteiger charge is -2.12. The summed E-state index contributed by atoms with van der Waals surface area (Å²) >= 11 is 31.2. The van der Waals surface area contributed by atoms with Gasteiger partial charge in [-0.25, -0.2) is 0 Å². The fourth-order valence-corrected chi connectivity index (χ4v) is 5.27. The molecule has 3 aromatic carbocycles. The van der Waals surface area contributed by atoms with E-state index in [4.69, 9.17) is 58.0 Å². The molecule has 0 spiro atoms. The molecule has 3 N–H and O–H groups in total. The van der Waals surface area contributed by atoms with Gasteiger partial charge in [0.2, 0.25) is 5.91 Å². The van der Waals surface area contributed by atoms with Crippen molar-refractivity contribution in [1.29, 1.82) is 5.26 Å². The zero-order valence-electron chi connectivity index (χ0n) is 17.6. The standard InChI is InChI=1S/C24H15Cl5N4O2/c25-14-7-13(8-15(26)9-14)20-21(24(20,28)29)23(35)31-16-5-6-18(27)17(10-16)22(34)33-32-19-4-2-1-3-12(19)11-30/h1-10,20-21,32H,(H,31,35)(H,33,34). The van der Waals surface area contributed by atoms with E-state index in [1.165, 1.54) is 12.1 Å². The Morgan fingerprint density at radius 3 is 2.31 bits per heavy atom. The average Bonchev–Trinajstić information content (AvgIpc) is 3.40. The van der Waals surface area contributed by atoms with E-state index in [1.807, 2.05) is 6.07 Å². The summed E-state index contributed by atoms with van der Waals surface area (Å²) in [5.41, 5.74) is 7.03. The third kappa shape index (κ3) is 5.45. The first-order valence-electron chi connectivity index (χ1n) is 10.1. The lowest BCUT2D eigenvalue weighted by atomic mass is 10.1. The second-order valence-electron chi connectivity index (χ2n) is 7.75. The largest absolute Gasteiger partial charge is 0.326 e. The van der Waals surface area contributed by atoms with Crippen LogP contribution in [0.2, 0.25) is 15.1 Å². The highest BCUT2D eigenvalue weighted by molar-refractivity contribution is 6.53. The molecule has 2 unspecified atom stereocenters. The highest BCUT2D eigenvalue weighted by atomic mass is 35.5. The molecule has 3 aromatic rings. The van der Waals surface area contributed by atoms with E-state index in [9.17, 15) is 14.9 Å². The van der Waals surface area contributed by atoms with Gasteiger partial charge in [0.25, 0.3) is 5.91 Å². The maximum Gasteiger partial charge on any atom is 0.271 e. The molecule has 11 heteroatoms. The monoisotopic (exact) mass is 566 g/mol. The second kappa shape index (κ2) is 10.1. The van der Waals surface area contributed by atoms with Crippen LogP contribution in [-0.4, -0.2) is 16.1 Å². The van der Waals surface area contributed by atoms with Gasteiger partial charge >= 0.3 is 0 Å². The molecule has 0 radical (unpaired) electrons. The van der Waals surface area contributed by atoms with E-state index in [0.29, 0.717) is 32.5 Å². The number of rotatable bonds is 6. The smallest absolute Gasteiger partial charge is 0.271 e. The SMILES string of the molecule is N#Cc1ccccc1NNC(=O)c1cc(NC(=O)C2C(c3cc(Cl)cc(Cl)c3)C2(Cl)Cl)ccc1Cl. The van der Waals surface area contributed by atoms with Crippen molar-refractivity contribution >= 4 is 81.2 Å². The number of amides is 2. The number of alkyl halides is 2. The average molecular weight is 569 g/mol. The molecular formula is C24H15Cl5N4O2. The van der Waals surface area contributed by atoms with Gasteiger partial charge in [0, 0.05) is 21.7 Å². The summed E-state index contributed by atoms with van der Waals surface area (Å²) in [5, 5.41) is 12.9. The predicted octanol–water partition coefficient (Wildman–Crippen LogP) is 6.80. The summed E-state index contributed by atoms with van der Waals surface area (Å²) in [6.45, 7) is 0. The van der Waals surface area contributed by atoms with E-state index in [-0.39, 0.29) is 10.6 Å². The molecule has 1 aliphatic carbocycles. The molecule has 6 nitrogen and oxygen atoms in total. The predicted molar refractivity (Wildman–Crippen MR) is 139 cm³/mol. The van der Waals surface area contributed by atoms with Gasteiger partial charge in [-0.3, -0.25) is 20.4 Å². The maximum absolute atomic E-state index is 13.0. The van der Waals surface area contributed by atoms with Crippen LogP contribution in [0, 0.1) is 17.2 Å². The van der Waals surface area contributed by atoms with E-state index >= 15 is 0 Å². The lowest BCUT2D eigenvalue weighted by molar-refractivity contribution is -0.117. The Morgan fingerprint density at radius 2 is 1.63 bits per heavy atom. The third-order valence-corrected chi connectivity index (χ3v) is 7.12. The molecule has 0 aromatic heterocycles. The van der Waals surface area contributed by atoms with Crippen molar-refractivity contribution in [2.75, 3.05) is 10.7 Å². The van der Waals surface area contributed by atoms with Crippen LogP contribution in [0.15, 0.2) is 60.7 Å². The Labute approximate surface area is 226 Å². The van der Waals surface area contributed by atoms with E-state index < -0.39 is 28.0 Å². The van der Waals surface area contributed by atoms with Gasteiger partial charge in [-0.2, -0.15) is 5.26 Å². The lowest BCUT2D eigenvalue weighted by Crippen LogP contribution is -2.30. The first kappa shape index (κ1) is 25.4. The fourth-order valence-electron chi connectivity index (χ4n) is 3.70. The van der Waals surface area contributed by atoms with Crippen LogP contribution >= 0.6 is 58.0 Å². The summed E-state index contributed by atoms with van der Waals surface area (Å²) in [7, 11) is 0. The molecule has 1 aliphatic rings. The molecule has 0 bridgehead atoms. The summed E-state index contributed by atoms with van der Waals surface area (Å²) in [5.74, 6) is -2.29. The van der Waals surface area contributed by atoms with Crippen LogP contribution in [0.4, 0.5) is 11.4 Å². The number of nitrogens with zero attached hydrogens (tertiary/aromatic N) is 1. The molecule has 2 atom stereocenters. The van der Waals surface area contributed by atoms with Gasteiger partial charge in [0.05, 0.1) is 27.8 Å². The topological polar surface area (TPSA) is 94.0 Å². The van der Waals surface area contributed by atoms with Crippen LogP contribution < -0.4 is 16.2 Å². The normalized spacial score (nSPS) is 17.7. The minimum atomic E-state index is -1.34. The molecule has 0 saturated heterocycles. The number of nitriles is 1. The van der Waals surface area contributed by atoms with E-state index in [0.717, 1.165) is 0 Å². The summed E-state index contributed by atoms with van der Waals surface area (Å²) in [6.07, 6.45) is 0. The molecule has 35 heavy (non-hydrogen) atoms. The summed E-state index contributed by atoms with van der Waals surface area (Å²) in [4.78, 5) is 25.7. The number of halogens is 5. The van der Waals surface area contributed by atoms with Gasteiger partial charge in [0.1, 0.15) is 10.4 Å². The molecule has 178 valence electrons. The number of carbonyl (C=O) groups excluding carboxylic acids is 2. The Morgan fingerprint density at radius 1 is 0.943 bits per heavy atom. The van der Waals surface area contributed by atoms with Crippen LogP contribution in [-0.2, 0) is 4.79 Å². The minimum absolute atomic E-state index is 0.100. The van der Waals surface area contributed by atoms with Crippen LogP contribution in [0.1, 0.15) is 27.4 Å². The van der Waals surface area contributed by atoms with Crippen LogP contribution in [0.3, 0.4) is 0 Å². The van der Waals surface area contributed by atoms with Crippen molar-refractivity contribution in [2.24, 2.45) is 5.92 Å². The van der Waals surface area contributed by atoms with Crippen molar-refractivity contribution in [3.05, 3.63) is 92.4 Å². The van der Waals surface area contributed by atoms with Crippen molar-refractivity contribution in [1.82, 2.24) is 5.43 Å². The van der Waals surface area contributed by atoms with Gasteiger partial charge in [-0.15, -0.1) is 23.2 Å². The molecule has 0 heterocycles. The van der Waals surface area contributed by atoms with Crippen molar-refractivity contribution in [3.8, 4) is 6.07 Å². The quantitative estimate of drug-likeness (QED) is 0.225. The number of benzene rings is 3. The van der Waals surface area contributed by atoms with Crippen molar-refractivity contribution in [2.45, 2.75) is 10.3 Å². The Hall–Kier alpha value is -2.66. The van der Waals surface area contributed by atoms with Gasteiger partial charge in [-0.05, 0) is 54.1 Å². The van der Waals surface area contributed by atoms with E-state index in [1.54, 1.807) is 48.5 Å². The fraction of sp³-hybridized carbons (Fsp3) is 0.125. The number of hydrazine groups is 1. The van der Waals surface area contributed by atoms with Crippen molar-refractivity contribution in [3.63, 3.8) is 0 Å². The molecule has 1 fully saturated rings. The van der Waals surface area contributed by atoms with Crippen molar-refractivity contribution < 1.29 is 9.59 Å². The van der Waals surface area contributed by atoms with Gasteiger partial charge in [0.15, 0.2) is 0 Å². The summed E-state index contributed by atoms with van der Waals surface area (Å²) < 4.78 is -1.34. The number of carbonyl (C=O) groups is 2. The first-order valence-corrected chi connectivity index (χ1v) is 12.0. The molecule has 2 amide bonds. The Bertz CT molecular complexity index is 1350. The highest BCUT2D eigenvalue weighted by Gasteiger charge is 2.67. The second-order valence-corrected chi connectivity index (χ2v) is 10.5. The number of hydrogen-bond acceptors (Lipinski definition) is 4. The molecule has 0 aliphatic heterocycles. The Balaban J connectivity index is 1.47. The Kier molecular flexibility index (Phi) is 7.37. The van der Waals surface area contributed by atoms with Gasteiger partial charge < -0.3 is 5.32 Å². The number of para-hydroxylation sites is 1. The molecular weight excluding hydrogens is 554 g/mol. The summed E-state index contributed by atoms with van der Waals surface area (Å²) in [6, 6.07) is 18.0. The number of hydrogen-bond donors (Lipinski definition) is 3. The molecule has 4 rings (SSSR count). The third-order valence-electron chi connectivity index (χ3n) is 5.42. The molecule has 1 saturated carbocycles. The van der Waals surface area contributed by atoms with Crippen LogP contribution in [0.5, 0.6) is 0 Å². The zero-order valence-corrected chi connectivity index (χ0v) is 21.4. The van der Waals surface area contributed by atoms with Crippen LogP contribution in [0.25, 0.3) is 0 Å². The first-order chi connectivity index (χ1) is 16.6. The van der Waals surface area contributed by atoms with E-state index in [2.05, 4.69) is 16.2 Å². The minimum Gasteiger partial charge on any atom is -0.326 e. The number of nitrogens with one attached hydrogen (secondary N) is 3. The number of anilines is 2. The zero-order chi connectivity index (χ0) is 25.3. The maximum atomic E-state index is 13.0. The van der Waals surface area contributed by atoms with Gasteiger partial charge in [-0.1, -0.05) is 46.9 Å².